The summed E-state index contributed by atoms with van der Waals surface area (Å²) in [5.41, 5.74) is 2.17. The zero-order chi connectivity index (χ0) is 29.4. The van der Waals surface area contributed by atoms with Crippen LogP contribution < -0.4 is 9.47 Å². The fraction of sp³-hybridized carbons (Fsp3) is 0.606. The van der Waals surface area contributed by atoms with Crippen molar-refractivity contribution in [3.8, 4) is 17.2 Å². The summed E-state index contributed by atoms with van der Waals surface area (Å²) in [6.45, 7) is 7.88. The molecule has 9 heteroatoms. The van der Waals surface area contributed by atoms with Crippen LogP contribution in [-0.2, 0) is 32.4 Å². The lowest BCUT2D eigenvalue weighted by atomic mass is 9.51. The Labute approximate surface area is 249 Å². The second kappa shape index (κ2) is 10.2. The van der Waals surface area contributed by atoms with Gasteiger partial charge >= 0.3 is 5.97 Å². The number of phenols is 1. The van der Waals surface area contributed by atoms with Gasteiger partial charge in [0, 0.05) is 48.7 Å². The van der Waals surface area contributed by atoms with E-state index in [1.54, 1.807) is 4.31 Å². The van der Waals surface area contributed by atoms with Crippen molar-refractivity contribution in [2.75, 3.05) is 19.6 Å². The van der Waals surface area contributed by atoms with Crippen LogP contribution in [0.15, 0.2) is 36.4 Å². The number of esters is 1. The van der Waals surface area contributed by atoms with Crippen molar-refractivity contribution in [1.82, 2.24) is 9.21 Å². The third kappa shape index (κ3) is 4.54. The standard InChI is InChI=1S/C33H42N2O6S/c1-20(2)17-35(42(38,39)19-23-7-5-4-6-8-23)26-12-11-25-27-15-24-28(37)16-29(40-21(3)36)31-30(24)33(25,32(26)41-31)13-14-34(27)18-22-9-10-22/h4-8,16,20,22,25-27,32,37H,9-15,17-19H2,1-3H3/t25-,26-,27+,32-,33-/m0/s1. The first-order valence-electron chi connectivity index (χ1n) is 15.6. The van der Waals surface area contributed by atoms with Gasteiger partial charge in [0.25, 0.3) is 0 Å². The zero-order valence-corrected chi connectivity index (χ0v) is 25.6. The monoisotopic (exact) mass is 594 g/mol. The first-order chi connectivity index (χ1) is 20.1. The van der Waals surface area contributed by atoms with Gasteiger partial charge in [-0.15, -0.1) is 0 Å². The number of benzene rings is 2. The maximum atomic E-state index is 14.2. The van der Waals surface area contributed by atoms with Gasteiger partial charge in [-0.25, -0.2) is 8.42 Å². The van der Waals surface area contributed by atoms with Crippen molar-refractivity contribution in [3.05, 3.63) is 53.1 Å². The molecule has 0 radical (unpaired) electrons. The number of ether oxygens (including phenoxy) is 2. The quantitative estimate of drug-likeness (QED) is 0.334. The number of hydrogen-bond acceptors (Lipinski definition) is 7. The Morgan fingerprint density at radius 3 is 2.64 bits per heavy atom. The van der Waals surface area contributed by atoms with E-state index < -0.39 is 27.5 Å². The molecule has 1 saturated heterocycles. The Morgan fingerprint density at radius 1 is 1.19 bits per heavy atom. The van der Waals surface area contributed by atoms with Crippen molar-refractivity contribution >= 4 is 16.0 Å². The second-order valence-electron chi connectivity index (χ2n) is 13.7. The van der Waals surface area contributed by atoms with E-state index in [0.29, 0.717) is 18.7 Å². The van der Waals surface area contributed by atoms with Gasteiger partial charge < -0.3 is 14.6 Å². The van der Waals surface area contributed by atoms with Crippen molar-refractivity contribution < 1.29 is 27.8 Å². The molecule has 5 atom stereocenters. The summed E-state index contributed by atoms with van der Waals surface area (Å²) in [6.07, 6.45) is 5.32. The predicted molar refractivity (Wildman–Crippen MR) is 159 cm³/mol. The molecule has 0 amide bonds. The van der Waals surface area contributed by atoms with E-state index in [0.717, 1.165) is 55.0 Å². The molecule has 1 spiro atoms. The van der Waals surface area contributed by atoms with Crippen LogP contribution in [0.5, 0.6) is 17.2 Å². The molecule has 42 heavy (non-hydrogen) atoms. The molecule has 2 aromatic carbocycles. The Morgan fingerprint density at radius 2 is 1.95 bits per heavy atom. The van der Waals surface area contributed by atoms with Crippen molar-refractivity contribution in [3.63, 3.8) is 0 Å². The Hall–Kier alpha value is -2.62. The Bertz CT molecular complexity index is 1490. The zero-order valence-electron chi connectivity index (χ0n) is 24.8. The fourth-order valence-electron chi connectivity index (χ4n) is 8.72. The summed E-state index contributed by atoms with van der Waals surface area (Å²) in [6, 6.07) is 10.8. The number of carbonyl (C=O) groups excluding carboxylic acids is 1. The number of carbonyl (C=O) groups is 1. The largest absolute Gasteiger partial charge is 0.508 e. The van der Waals surface area contributed by atoms with Crippen molar-refractivity contribution in [2.24, 2.45) is 17.8 Å². The van der Waals surface area contributed by atoms with Gasteiger partial charge in [0.15, 0.2) is 11.5 Å². The van der Waals surface area contributed by atoms with Crippen LogP contribution in [0.2, 0.25) is 0 Å². The minimum absolute atomic E-state index is 0.0598. The van der Waals surface area contributed by atoms with Gasteiger partial charge in [-0.2, -0.15) is 4.31 Å². The molecule has 3 aliphatic carbocycles. The molecule has 3 fully saturated rings. The van der Waals surface area contributed by atoms with Crippen molar-refractivity contribution in [2.45, 2.75) is 88.7 Å². The van der Waals surface area contributed by atoms with Crippen LogP contribution >= 0.6 is 0 Å². The average Bonchev–Trinajstić information content (AvgIpc) is 3.68. The molecule has 226 valence electrons. The van der Waals surface area contributed by atoms with Crippen LogP contribution in [0.1, 0.15) is 69.6 Å². The average molecular weight is 595 g/mol. The Kier molecular flexibility index (Phi) is 6.87. The summed E-state index contributed by atoms with van der Waals surface area (Å²) in [4.78, 5) is 14.8. The number of likely N-dealkylation sites (tertiary alicyclic amines) is 1. The molecular formula is C33H42N2O6S. The van der Waals surface area contributed by atoms with Crippen LogP contribution in [0.3, 0.4) is 0 Å². The minimum Gasteiger partial charge on any atom is -0.508 e. The van der Waals surface area contributed by atoms with E-state index in [2.05, 4.69) is 18.7 Å². The lowest BCUT2D eigenvalue weighted by Gasteiger charge is -2.60. The SMILES string of the molecule is CC(=O)Oc1cc(O)c2c3c1O[C@H]1[C@@H](N(CC(C)C)S(=O)(=O)Cc4ccccc4)CC[C@H]4[C@@H](C2)N(CC2CC2)CC[C@@]341. The summed E-state index contributed by atoms with van der Waals surface area (Å²) in [5.74, 6) is 1.54. The summed E-state index contributed by atoms with van der Waals surface area (Å²) in [7, 11) is -3.68. The van der Waals surface area contributed by atoms with Crippen LogP contribution in [0, 0.1) is 17.8 Å². The normalized spacial score (nSPS) is 29.8. The molecule has 2 aromatic rings. The molecule has 2 bridgehead atoms. The number of hydrogen-bond donors (Lipinski definition) is 1. The highest BCUT2D eigenvalue weighted by Gasteiger charge is 2.67. The Balaban J connectivity index is 1.34. The van der Waals surface area contributed by atoms with E-state index in [9.17, 15) is 18.3 Å². The maximum Gasteiger partial charge on any atom is 0.308 e. The molecule has 8 nitrogen and oxygen atoms in total. The number of piperidine rings is 1. The number of phenolic OH excluding ortho intramolecular Hbond substituents is 1. The van der Waals surface area contributed by atoms with Crippen molar-refractivity contribution in [1.29, 1.82) is 0 Å². The molecule has 0 aromatic heterocycles. The first-order valence-corrected chi connectivity index (χ1v) is 17.2. The van der Waals surface area contributed by atoms with Crippen LogP contribution in [-0.4, -0.2) is 66.5 Å². The molecule has 2 saturated carbocycles. The lowest BCUT2D eigenvalue weighted by Crippen LogP contribution is -2.69. The van der Waals surface area contributed by atoms with E-state index in [1.165, 1.54) is 25.8 Å². The summed E-state index contributed by atoms with van der Waals surface area (Å²) in [5, 5.41) is 11.3. The van der Waals surface area contributed by atoms with Crippen LogP contribution in [0.25, 0.3) is 0 Å². The number of aromatic hydroxyl groups is 1. The highest BCUT2D eigenvalue weighted by atomic mass is 32.2. The van der Waals surface area contributed by atoms with Crippen LogP contribution in [0.4, 0.5) is 0 Å². The molecule has 0 unspecified atom stereocenters. The molecule has 1 N–H and O–H groups in total. The molecular weight excluding hydrogens is 552 g/mol. The molecule has 2 aliphatic heterocycles. The number of nitrogens with zero attached hydrogens (tertiary/aromatic N) is 2. The van der Waals surface area contributed by atoms with Gasteiger partial charge in [-0.05, 0) is 68.4 Å². The third-order valence-corrected chi connectivity index (χ3v) is 12.2. The first kappa shape index (κ1) is 28.2. The molecule has 5 aliphatic rings. The summed E-state index contributed by atoms with van der Waals surface area (Å²) < 4.78 is 42.7. The number of rotatable bonds is 9. The minimum atomic E-state index is -3.68. The molecule has 2 heterocycles. The smallest absolute Gasteiger partial charge is 0.308 e. The van der Waals surface area contributed by atoms with Gasteiger partial charge in [0.05, 0.1) is 11.8 Å². The van der Waals surface area contributed by atoms with Gasteiger partial charge in [-0.1, -0.05) is 44.2 Å². The van der Waals surface area contributed by atoms with E-state index >= 15 is 0 Å². The molecule has 7 rings (SSSR count). The number of sulfonamides is 1. The topological polar surface area (TPSA) is 96.4 Å². The summed E-state index contributed by atoms with van der Waals surface area (Å²) >= 11 is 0. The van der Waals surface area contributed by atoms with E-state index in [-0.39, 0.29) is 41.2 Å². The van der Waals surface area contributed by atoms with Gasteiger partial charge in [0.1, 0.15) is 11.9 Å². The van der Waals surface area contributed by atoms with E-state index in [4.69, 9.17) is 9.47 Å². The predicted octanol–water partition coefficient (Wildman–Crippen LogP) is 4.62. The lowest BCUT2D eigenvalue weighted by molar-refractivity contribution is -0.132. The maximum absolute atomic E-state index is 14.2. The van der Waals surface area contributed by atoms with Gasteiger partial charge in [0.2, 0.25) is 10.0 Å². The highest BCUT2D eigenvalue weighted by Crippen LogP contribution is 2.66. The fourth-order valence-corrected chi connectivity index (χ4v) is 10.7. The second-order valence-corrected chi connectivity index (χ2v) is 15.6. The third-order valence-electron chi connectivity index (χ3n) is 10.4. The van der Waals surface area contributed by atoms with E-state index in [1.807, 2.05) is 30.3 Å². The van der Waals surface area contributed by atoms with Gasteiger partial charge in [-0.3, -0.25) is 9.69 Å². The highest BCUT2D eigenvalue weighted by molar-refractivity contribution is 7.88.